The lowest BCUT2D eigenvalue weighted by Crippen LogP contribution is -2.22. The second-order valence-electron chi connectivity index (χ2n) is 6.81. The van der Waals surface area contributed by atoms with E-state index >= 15 is 0 Å². The molecule has 1 aliphatic rings. The van der Waals surface area contributed by atoms with Crippen LogP contribution in [0.5, 0.6) is 0 Å². The maximum atomic E-state index is 13.8. The van der Waals surface area contributed by atoms with E-state index in [0.29, 0.717) is 35.0 Å². The molecule has 0 fully saturated rings. The summed E-state index contributed by atoms with van der Waals surface area (Å²) in [5.74, 6) is 0.178. The lowest BCUT2D eigenvalue weighted by atomic mass is 10.1. The second-order valence-corrected chi connectivity index (χ2v) is 7.24. The van der Waals surface area contributed by atoms with E-state index in [1.54, 1.807) is 23.7 Å². The van der Waals surface area contributed by atoms with Gasteiger partial charge in [0.05, 0.1) is 18.8 Å². The molecule has 1 aliphatic heterocycles. The molecule has 9 heteroatoms. The number of halogens is 2. The topological polar surface area (TPSA) is 78.9 Å². The van der Waals surface area contributed by atoms with Crippen LogP contribution in [0.2, 0.25) is 5.02 Å². The Labute approximate surface area is 170 Å². The van der Waals surface area contributed by atoms with Crippen LogP contribution in [0.1, 0.15) is 22.9 Å². The van der Waals surface area contributed by atoms with E-state index in [4.69, 9.17) is 20.9 Å². The summed E-state index contributed by atoms with van der Waals surface area (Å²) in [7, 11) is 0. The predicted octanol–water partition coefficient (Wildman–Crippen LogP) is 4.37. The molecule has 5 rings (SSSR count). The van der Waals surface area contributed by atoms with Gasteiger partial charge in [-0.2, -0.15) is 4.98 Å². The molecule has 0 bridgehead atoms. The van der Waals surface area contributed by atoms with Crippen molar-refractivity contribution in [3.05, 3.63) is 70.1 Å². The summed E-state index contributed by atoms with van der Waals surface area (Å²) < 4.78 is 26.9. The van der Waals surface area contributed by atoms with Gasteiger partial charge in [0, 0.05) is 10.6 Å². The first-order valence-corrected chi connectivity index (χ1v) is 9.36. The molecule has 7 nitrogen and oxygen atoms in total. The van der Waals surface area contributed by atoms with Crippen LogP contribution in [0.4, 0.5) is 4.39 Å². The zero-order valence-corrected chi connectivity index (χ0v) is 16.1. The molecular weight excluding hydrogens is 397 g/mol. The standard InChI is InChI=1S/C20H15ClFN5O2/c1-11-2-3-13(8-15(11)22)20-23-19(25-29-20)18-16-10-28-17(9-27(16)26-24-18)12-4-6-14(21)7-5-12/h2-8,17H,9-10H2,1H3/t17-/m0/s1. The molecule has 146 valence electrons. The third kappa shape index (κ3) is 3.30. The molecule has 0 N–H and O–H groups in total. The van der Waals surface area contributed by atoms with Crippen LogP contribution in [-0.2, 0) is 17.9 Å². The van der Waals surface area contributed by atoms with Gasteiger partial charge in [-0.05, 0) is 42.3 Å². The van der Waals surface area contributed by atoms with Crippen LogP contribution in [0.15, 0.2) is 47.0 Å². The summed E-state index contributed by atoms with van der Waals surface area (Å²) in [6.45, 7) is 2.51. The Balaban J connectivity index is 1.41. The van der Waals surface area contributed by atoms with Crippen molar-refractivity contribution in [3.63, 3.8) is 0 Å². The van der Waals surface area contributed by atoms with Crippen LogP contribution < -0.4 is 0 Å². The van der Waals surface area contributed by atoms with Gasteiger partial charge in [0.2, 0.25) is 5.82 Å². The molecule has 2 aromatic carbocycles. The molecule has 3 heterocycles. The number of benzene rings is 2. The fraction of sp³-hybridized carbons (Fsp3) is 0.200. The van der Waals surface area contributed by atoms with Crippen molar-refractivity contribution < 1.29 is 13.7 Å². The molecule has 0 amide bonds. The minimum Gasteiger partial charge on any atom is -0.365 e. The Morgan fingerprint density at radius 2 is 2.00 bits per heavy atom. The Bertz CT molecular complexity index is 1190. The summed E-state index contributed by atoms with van der Waals surface area (Å²) in [6.07, 6.45) is -0.148. The van der Waals surface area contributed by atoms with Gasteiger partial charge in [0.25, 0.3) is 5.89 Å². The zero-order valence-electron chi connectivity index (χ0n) is 15.3. The van der Waals surface area contributed by atoms with E-state index in [1.807, 2.05) is 24.3 Å². The van der Waals surface area contributed by atoms with Crippen LogP contribution in [0.3, 0.4) is 0 Å². The maximum Gasteiger partial charge on any atom is 0.258 e. The highest BCUT2D eigenvalue weighted by Crippen LogP contribution is 2.31. The maximum absolute atomic E-state index is 13.8. The lowest BCUT2D eigenvalue weighted by molar-refractivity contribution is -0.00111. The highest BCUT2D eigenvalue weighted by Gasteiger charge is 2.27. The molecule has 0 spiro atoms. The van der Waals surface area contributed by atoms with Gasteiger partial charge in [-0.3, -0.25) is 0 Å². The van der Waals surface area contributed by atoms with Gasteiger partial charge in [-0.1, -0.05) is 40.2 Å². The SMILES string of the molecule is Cc1ccc(-c2nc(-c3nnn4c3CO[C@H](c3ccc(Cl)cc3)C4)no2)cc1F. The smallest absolute Gasteiger partial charge is 0.258 e. The van der Waals surface area contributed by atoms with E-state index in [9.17, 15) is 4.39 Å². The number of ether oxygens (including phenoxy) is 1. The van der Waals surface area contributed by atoms with Gasteiger partial charge in [0.1, 0.15) is 11.9 Å². The first-order valence-electron chi connectivity index (χ1n) is 8.98. The highest BCUT2D eigenvalue weighted by molar-refractivity contribution is 6.30. The van der Waals surface area contributed by atoms with Crippen molar-refractivity contribution in [2.75, 3.05) is 0 Å². The third-order valence-electron chi connectivity index (χ3n) is 4.90. The van der Waals surface area contributed by atoms with E-state index in [-0.39, 0.29) is 23.6 Å². The predicted molar refractivity (Wildman–Crippen MR) is 102 cm³/mol. The number of hydrogen-bond acceptors (Lipinski definition) is 6. The summed E-state index contributed by atoms with van der Waals surface area (Å²) in [5.41, 5.74) is 3.32. The molecule has 0 unspecified atom stereocenters. The van der Waals surface area contributed by atoms with E-state index in [1.165, 1.54) is 6.07 Å². The van der Waals surface area contributed by atoms with Gasteiger partial charge >= 0.3 is 0 Å². The van der Waals surface area contributed by atoms with Crippen molar-refractivity contribution in [1.82, 2.24) is 25.1 Å². The van der Waals surface area contributed by atoms with Crippen molar-refractivity contribution in [1.29, 1.82) is 0 Å². The van der Waals surface area contributed by atoms with Crippen LogP contribution in [0.25, 0.3) is 23.0 Å². The molecule has 1 atom stereocenters. The number of aromatic nitrogens is 5. The van der Waals surface area contributed by atoms with Crippen molar-refractivity contribution in [2.45, 2.75) is 26.2 Å². The highest BCUT2D eigenvalue weighted by atomic mass is 35.5. The monoisotopic (exact) mass is 411 g/mol. The van der Waals surface area contributed by atoms with E-state index < -0.39 is 0 Å². The van der Waals surface area contributed by atoms with Crippen molar-refractivity contribution in [3.8, 4) is 23.0 Å². The van der Waals surface area contributed by atoms with E-state index in [0.717, 1.165) is 11.3 Å². The largest absolute Gasteiger partial charge is 0.365 e. The Hall–Kier alpha value is -3.10. The third-order valence-corrected chi connectivity index (χ3v) is 5.15. The first-order chi connectivity index (χ1) is 14.1. The fourth-order valence-electron chi connectivity index (χ4n) is 3.23. The Morgan fingerprint density at radius 3 is 2.79 bits per heavy atom. The van der Waals surface area contributed by atoms with Gasteiger partial charge in [-0.15, -0.1) is 5.10 Å². The lowest BCUT2D eigenvalue weighted by Gasteiger charge is -2.24. The van der Waals surface area contributed by atoms with E-state index in [2.05, 4.69) is 20.5 Å². The second kappa shape index (κ2) is 7.06. The van der Waals surface area contributed by atoms with Crippen LogP contribution in [0, 0.1) is 12.7 Å². The molecule has 2 aromatic heterocycles. The summed E-state index contributed by atoms with van der Waals surface area (Å²) in [5, 5.41) is 13.1. The van der Waals surface area contributed by atoms with Gasteiger partial charge < -0.3 is 9.26 Å². The Kier molecular flexibility index (Phi) is 4.37. The molecule has 29 heavy (non-hydrogen) atoms. The molecule has 0 aliphatic carbocycles. The van der Waals surface area contributed by atoms with Crippen molar-refractivity contribution >= 4 is 11.6 Å². The van der Waals surface area contributed by atoms with Crippen LogP contribution in [-0.4, -0.2) is 25.1 Å². The molecule has 4 aromatic rings. The first kappa shape index (κ1) is 18.0. The minimum atomic E-state index is -0.329. The molecular formula is C20H15ClFN5O2. The summed E-state index contributed by atoms with van der Waals surface area (Å²) in [4.78, 5) is 4.36. The fourth-order valence-corrected chi connectivity index (χ4v) is 3.35. The molecule has 0 saturated heterocycles. The number of hydrogen-bond donors (Lipinski definition) is 0. The number of nitrogens with zero attached hydrogens (tertiary/aromatic N) is 5. The normalized spacial score (nSPS) is 16.0. The zero-order chi connectivity index (χ0) is 20.0. The van der Waals surface area contributed by atoms with Crippen molar-refractivity contribution in [2.24, 2.45) is 0 Å². The average molecular weight is 412 g/mol. The molecule has 0 saturated carbocycles. The van der Waals surface area contributed by atoms with Gasteiger partial charge in [0.15, 0.2) is 5.69 Å². The Morgan fingerprint density at radius 1 is 1.17 bits per heavy atom. The number of rotatable bonds is 3. The van der Waals surface area contributed by atoms with Gasteiger partial charge in [-0.25, -0.2) is 9.07 Å². The summed E-state index contributed by atoms with van der Waals surface area (Å²) >= 11 is 5.95. The minimum absolute atomic E-state index is 0.148. The number of fused-ring (bicyclic) bond motifs is 1. The average Bonchev–Trinajstić information content (AvgIpc) is 3.37. The summed E-state index contributed by atoms with van der Waals surface area (Å²) in [6, 6.07) is 12.3. The van der Waals surface area contributed by atoms with Crippen LogP contribution >= 0.6 is 11.6 Å². The molecule has 0 radical (unpaired) electrons. The quantitative estimate of drug-likeness (QED) is 0.498. The number of aryl methyl sites for hydroxylation is 1.